The molecule has 0 radical (unpaired) electrons. The van der Waals surface area contributed by atoms with Gasteiger partial charge in [-0.15, -0.1) is 0 Å². The lowest BCUT2D eigenvalue weighted by atomic mass is 9.95. The van der Waals surface area contributed by atoms with Crippen molar-refractivity contribution in [2.75, 3.05) is 17.1 Å². The van der Waals surface area contributed by atoms with E-state index in [2.05, 4.69) is 5.32 Å². The van der Waals surface area contributed by atoms with E-state index in [9.17, 15) is 26.8 Å². The molecule has 0 saturated heterocycles. The van der Waals surface area contributed by atoms with Crippen molar-refractivity contribution in [2.24, 2.45) is 0 Å². The number of hydrogen-bond acceptors (Lipinski definition) is 4. The van der Waals surface area contributed by atoms with Gasteiger partial charge in [-0.25, -0.2) is 17.2 Å². The quantitative estimate of drug-likeness (QED) is 0.391. The maximum Gasteiger partial charge on any atom is 0.243 e. The lowest BCUT2D eigenvalue weighted by Gasteiger charge is -2.33. The number of rotatable bonds is 12. The van der Waals surface area contributed by atoms with Gasteiger partial charge in [0, 0.05) is 31.6 Å². The summed E-state index contributed by atoms with van der Waals surface area (Å²) in [5.41, 5.74) is 1.92. The minimum atomic E-state index is -3.81. The van der Waals surface area contributed by atoms with Gasteiger partial charge in [-0.05, 0) is 50.3 Å². The Morgan fingerprint density at radius 3 is 2.38 bits per heavy atom. The molecule has 10 heteroatoms. The highest BCUT2D eigenvalue weighted by Gasteiger charge is 2.30. The molecule has 2 amide bonds. The second-order valence-electron chi connectivity index (χ2n) is 10.3. The number of nitrogens with one attached hydrogen (secondary N) is 1. The Kier molecular flexibility index (Phi) is 10.9. The van der Waals surface area contributed by atoms with Crippen LogP contribution in [0.2, 0.25) is 0 Å². The van der Waals surface area contributed by atoms with Gasteiger partial charge >= 0.3 is 0 Å². The molecule has 0 aliphatic heterocycles. The van der Waals surface area contributed by atoms with Gasteiger partial charge < -0.3 is 10.2 Å². The van der Waals surface area contributed by atoms with Crippen molar-refractivity contribution in [2.45, 2.75) is 83.8 Å². The first-order chi connectivity index (χ1) is 18.5. The number of aryl methyl sites for hydroxylation is 1. The first-order valence-corrected chi connectivity index (χ1v) is 15.4. The highest BCUT2D eigenvalue weighted by atomic mass is 32.2. The second-order valence-corrected chi connectivity index (χ2v) is 12.2. The minimum Gasteiger partial charge on any atom is -0.352 e. The number of hydrogen-bond donors (Lipinski definition) is 1. The third kappa shape index (κ3) is 8.74. The molecule has 2 aromatic carbocycles. The van der Waals surface area contributed by atoms with Crippen LogP contribution in [0.3, 0.4) is 0 Å². The van der Waals surface area contributed by atoms with Gasteiger partial charge in [0.05, 0.1) is 11.9 Å². The van der Waals surface area contributed by atoms with Crippen LogP contribution >= 0.6 is 0 Å². The Bertz CT molecular complexity index is 1250. The molecule has 1 aliphatic rings. The van der Waals surface area contributed by atoms with Crippen LogP contribution in [0.1, 0.15) is 69.4 Å². The molecule has 0 bridgehead atoms. The highest BCUT2D eigenvalue weighted by molar-refractivity contribution is 7.92. The number of sulfonamides is 1. The zero-order chi connectivity index (χ0) is 28.6. The second kappa shape index (κ2) is 13.9. The van der Waals surface area contributed by atoms with Crippen LogP contribution in [0.15, 0.2) is 42.5 Å². The molecular weight excluding hydrogens is 524 g/mol. The Balaban J connectivity index is 1.76. The lowest BCUT2D eigenvalue weighted by molar-refractivity contribution is -0.141. The third-order valence-electron chi connectivity index (χ3n) is 7.12. The van der Waals surface area contributed by atoms with Crippen molar-refractivity contribution >= 4 is 27.5 Å². The smallest absolute Gasteiger partial charge is 0.243 e. The molecule has 1 fully saturated rings. The van der Waals surface area contributed by atoms with Crippen molar-refractivity contribution in [1.82, 2.24) is 10.2 Å². The number of anilines is 1. The van der Waals surface area contributed by atoms with Crippen LogP contribution < -0.4 is 9.62 Å². The van der Waals surface area contributed by atoms with Gasteiger partial charge in [0.15, 0.2) is 11.6 Å². The summed E-state index contributed by atoms with van der Waals surface area (Å²) in [6.07, 6.45) is 6.69. The van der Waals surface area contributed by atoms with Gasteiger partial charge in [-0.1, -0.05) is 56.0 Å². The summed E-state index contributed by atoms with van der Waals surface area (Å²) in [6.45, 7) is 3.98. The zero-order valence-electron chi connectivity index (χ0n) is 23.0. The summed E-state index contributed by atoms with van der Waals surface area (Å²) in [7, 11) is -3.81. The monoisotopic (exact) mass is 563 g/mol. The number of carbonyl (C=O) groups excluding carboxylic acids is 2. The number of carbonyl (C=O) groups is 2. The summed E-state index contributed by atoms with van der Waals surface area (Å²) in [4.78, 5) is 28.5. The molecule has 1 atom stereocenters. The maximum absolute atomic E-state index is 13.8. The van der Waals surface area contributed by atoms with Gasteiger partial charge in [0.1, 0.15) is 6.04 Å². The molecule has 0 aromatic heterocycles. The molecule has 1 aliphatic carbocycles. The summed E-state index contributed by atoms with van der Waals surface area (Å²) in [5, 5.41) is 3.14. The first kappa shape index (κ1) is 30.5. The normalized spacial score (nSPS) is 15.0. The summed E-state index contributed by atoms with van der Waals surface area (Å²) < 4.78 is 53.0. The largest absolute Gasteiger partial charge is 0.352 e. The first-order valence-electron chi connectivity index (χ1n) is 13.6. The molecule has 7 nitrogen and oxygen atoms in total. The number of halogens is 2. The van der Waals surface area contributed by atoms with Crippen LogP contribution in [-0.4, -0.2) is 50.0 Å². The Morgan fingerprint density at radius 2 is 1.77 bits per heavy atom. The van der Waals surface area contributed by atoms with E-state index in [0.29, 0.717) is 6.42 Å². The van der Waals surface area contributed by atoms with Gasteiger partial charge in [-0.3, -0.25) is 13.9 Å². The number of nitrogens with zero attached hydrogens (tertiary/aromatic N) is 2. The van der Waals surface area contributed by atoms with E-state index in [1.807, 2.05) is 38.1 Å². The van der Waals surface area contributed by atoms with E-state index in [-0.39, 0.29) is 49.5 Å². The van der Waals surface area contributed by atoms with Crippen LogP contribution in [0, 0.1) is 18.6 Å². The van der Waals surface area contributed by atoms with Crippen molar-refractivity contribution in [3.8, 4) is 0 Å². The Labute approximate surface area is 230 Å². The van der Waals surface area contributed by atoms with Crippen molar-refractivity contribution in [3.63, 3.8) is 0 Å². The van der Waals surface area contributed by atoms with E-state index < -0.39 is 27.7 Å². The van der Waals surface area contributed by atoms with Crippen molar-refractivity contribution in [3.05, 3.63) is 65.2 Å². The SMILES string of the molecule is CCC(C(=O)NC1CCCCC1)N(Cc1cccc(C)c1)C(=O)CCCN(c1ccc(F)c(F)c1)S(C)(=O)=O. The van der Waals surface area contributed by atoms with E-state index in [0.717, 1.165) is 65.9 Å². The molecule has 39 heavy (non-hydrogen) atoms. The van der Waals surface area contributed by atoms with Gasteiger partial charge in [0.25, 0.3) is 0 Å². The predicted molar refractivity (Wildman–Crippen MR) is 149 cm³/mol. The molecule has 214 valence electrons. The van der Waals surface area contributed by atoms with E-state index >= 15 is 0 Å². The summed E-state index contributed by atoms with van der Waals surface area (Å²) in [6, 6.07) is 10.1. The molecule has 1 unspecified atom stereocenters. The molecule has 1 N–H and O–H groups in total. The fourth-order valence-corrected chi connectivity index (χ4v) is 6.07. The predicted octanol–water partition coefficient (Wildman–Crippen LogP) is 5.08. The number of benzene rings is 2. The van der Waals surface area contributed by atoms with Crippen LogP contribution in [0.5, 0.6) is 0 Å². The minimum absolute atomic E-state index is 0.0150. The van der Waals surface area contributed by atoms with Gasteiger partial charge in [0.2, 0.25) is 21.8 Å². The summed E-state index contributed by atoms with van der Waals surface area (Å²) >= 11 is 0. The van der Waals surface area contributed by atoms with E-state index in [4.69, 9.17) is 0 Å². The van der Waals surface area contributed by atoms with E-state index in [1.54, 1.807) is 4.90 Å². The molecular formula is C29H39F2N3O4S. The molecule has 2 aromatic rings. The Morgan fingerprint density at radius 1 is 1.05 bits per heavy atom. The molecule has 3 rings (SSSR count). The fourth-order valence-electron chi connectivity index (χ4n) is 5.12. The lowest BCUT2D eigenvalue weighted by Crippen LogP contribution is -2.51. The summed E-state index contributed by atoms with van der Waals surface area (Å²) in [5.74, 6) is -2.69. The molecule has 1 saturated carbocycles. The fraction of sp³-hybridized carbons (Fsp3) is 0.517. The number of amides is 2. The average Bonchev–Trinajstić information content (AvgIpc) is 2.88. The van der Waals surface area contributed by atoms with Crippen molar-refractivity contribution in [1.29, 1.82) is 0 Å². The standard InChI is InChI=1S/C29H39F2N3O4S/c1-4-27(29(36)32-23-12-6-5-7-13-23)33(20-22-11-8-10-21(2)18-22)28(35)14-9-17-34(39(3,37)38)24-15-16-25(30)26(31)19-24/h8,10-11,15-16,18-19,23,27H,4-7,9,12-14,17,20H2,1-3H3,(H,32,36). The molecule has 0 spiro atoms. The zero-order valence-corrected chi connectivity index (χ0v) is 23.8. The Hall–Kier alpha value is -3.01. The van der Waals surface area contributed by atoms with E-state index in [1.165, 1.54) is 6.07 Å². The average molecular weight is 564 g/mol. The maximum atomic E-state index is 13.8. The third-order valence-corrected chi connectivity index (χ3v) is 8.31. The van der Waals surface area contributed by atoms with Gasteiger partial charge in [-0.2, -0.15) is 0 Å². The van der Waals surface area contributed by atoms with Crippen LogP contribution in [-0.2, 0) is 26.2 Å². The highest BCUT2D eigenvalue weighted by Crippen LogP contribution is 2.23. The molecule has 0 heterocycles. The van der Waals surface area contributed by atoms with Crippen LogP contribution in [0.4, 0.5) is 14.5 Å². The van der Waals surface area contributed by atoms with Crippen LogP contribution in [0.25, 0.3) is 0 Å². The van der Waals surface area contributed by atoms with Crippen molar-refractivity contribution < 1.29 is 26.8 Å². The topological polar surface area (TPSA) is 86.8 Å².